The third-order valence-corrected chi connectivity index (χ3v) is 2.96. The number of aryl methyl sites for hydroxylation is 1. The summed E-state index contributed by atoms with van der Waals surface area (Å²) >= 11 is 0. The van der Waals surface area contributed by atoms with E-state index in [1.165, 1.54) is 12.1 Å². The lowest BCUT2D eigenvalue weighted by atomic mass is 9.87. The van der Waals surface area contributed by atoms with Crippen molar-refractivity contribution in [3.8, 4) is 0 Å². The number of aliphatic imine (C=N–C) groups is 1. The molecule has 0 fully saturated rings. The molecule has 0 radical (unpaired) electrons. The molecule has 0 spiro atoms. The molecule has 1 aromatic carbocycles. The van der Waals surface area contributed by atoms with E-state index in [0.29, 0.717) is 12.0 Å². The number of nitrogens with zero attached hydrogens (tertiary/aromatic N) is 1. The predicted molar refractivity (Wildman–Crippen MR) is 55.2 cm³/mol. The van der Waals surface area contributed by atoms with Gasteiger partial charge in [0.05, 0.1) is 11.6 Å². The first-order valence-electron chi connectivity index (χ1n) is 5.29. The number of hydrogen-bond donors (Lipinski definition) is 0. The Balaban J connectivity index is 2.47. The standard InChI is InChI=1S/C12H10F3NO/c13-12(14,15)9-5-4-8-2-1-3-11(16-7-17)10(8)6-9/h4-6,11H,1-3H2. The smallest absolute Gasteiger partial charge is 0.211 e. The minimum Gasteiger partial charge on any atom is -0.211 e. The van der Waals surface area contributed by atoms with Crippen LogP contribution in [0, 0.1) is 0 Å². The summed E-state index contributed by atoms with van der Waals surface area (Å²) in [7, 11) is 0. The van der Waals surface area contributed by atoms with E-state index in [9.17, 15) is 18.0 Å². The summed E-state index contributed by atoms with van der Waals surface area (Å²) in [6.07, 6.45) is -0.766. The number of hydrogen-bond acceptors (Lipinski definition) is 2. The van der Waals surface area contributed by atoms with Crippen LogP contribution < -0.4 is 0 Å². The monoisotopic (exact) mass is 241 g/mol. The van der Waals surface area contributed by atoms with E-state index < -0.39 is 17.8 Å². The molecule has 5 heteroatoms. The molecule has 1 atom stereocenters. The van der Waals surface area contributed by atoms with E-state index in [4.69, 9.17) is 0 Å². The number of rotatable bonds is 1. The number of isocyanates is 1. The Bertz CT molecular complexity index is 475. The second-order valence-electron chi connectivity index (χ2n) is 4.04. The Morgan fingerprint density at radius 2 is 2.12 bits per heavy atom. The average molecular weight is 241 g/mol. The van der Waals surface area contributed by atoms with Gasteiger partial charge < -0.3 is 0 Å². The maximum absolute atomic E-state index is 12.6. The van der Waals surface area contributed by atoms with Crippen molar-refractivity contribution < 1.29 is 18.0 Å². The summed E-state index contributed by atoms with van der Waals surface area (Å²) in [6, 6.07) is 3.18. The van der Waals surface area contributed by atoms with E-state index in [2.05, 4.69) is 4.99 Å². The fraction of sp³-hybridized carbons (Fsp3) is 0.417. The number of fused-ring (bicyclic) bond motifs is 1. The van der Waals surface area contributed by atoms with Gasteiger partial charge in [0.15, 0.2) is 0 Å². The summed E-state index contributed by atoms with van der Waals surface area (Å²) in [5.74, 6) is 0. The third-order valence-electron chi connectivity index (χ3n) is 2.96. The molecule has 1 aliphatic carbocycles. The van der Waals surface area contributed by atoms with Gasteiger partial charge in [-0.1, -0.05) is 6.07 Å². The molecule has 2 nitrogen and oxygen atoms in total. The Hall–Kier alpha value is -1.61. The predicted octanol–water partition coefficient (Wildman–Crippen LogP) is 3.42. The Morgan fingerprint density at radius 3 is 2.76 bits per heavy atom. The van der Waals surface area contributed by atoms with Gasteiger partial charge in [-0.05, 0) is 42.5 Å². The first-order chi connectivity index (χ1) is 8.02. The van der Waals surface area contributed by atoms with Crippen LogP contribution in [0.5, 0.6) is 0 Å². The van der Waals surface area contributed by atoms with Gasteiger partial charge in [-0.15, -0.1) is 0 Å². The summed E-state index contributed by atoms with van der Waals surface area (Å²) < 4.78 is 37.7. The van der Waals surface area contributed by atoms with Gasteiger partial charge in [-0.2, -0.15) is 18.2 Å². The average Bonchev–Trinajstić information content (AvgIpc) is 2.28. The van der Waals surface area contributed by atoms with Crippen molar-refractivity contribution in [2.24, 2.45) is 4.99 Å². The molecule has 0 bridgehead atoms. The van der Waals surface area contributed by atoms with Crippen molar-refractivity contribution in [2.45, 2.75) is 31.5 Å². The van der Waals surface area contributed by atoms with Crippen molar-refractivity contribution in [1.29, 1.82) is 0 Å². The Morgan fingerprint density at radius 1 is 1.35 bits per heavy atom. The van der Waals surface area contributed by atoms with Crippen LogP contribution in [0.15, 0.2) is 23.2 Å². The lowest BCUT2D eigenvalue weighted by molar-refractivity contribution is -0.137. The highest BCUT2D eigenvalue weighted by molar-refractivity contribution is 5.41. The van der Waals surface area contributed by atoms with Crippen LogP contribution in [-0.4, -0.2) is 6.08 Å². The lowest BCUT2D eigenvalue weighted by Crippen LogP contribution is -2.12. The molecular weight excluding hydrogens is 231 g/mol. The van der Waals surface area contributed by atoms with Gasteiger partial charge in [0.25, 0.3) is 0 Å². The molecule has 17 heavy (non-hydrogen) atoms. The highest BCUT2D eigenvalue weighted by Crippen LogP contribution is 2.37. The van der Waals surface area contributed by atoms with Crippen molar-refractivity contribution in [2.75, 3.05) is 0 Å². The number of alkyl halides is 3. The molecule has 1 unspecified atom stereocenters. The maximum atomic E-state index is 12.6. The van der Waals surface area contributed by atoms with E-state index in [0.717, 1.165) is 30.5 Å². The largest absolute Gasteiger partial charge is 0.416 e. The molecule has 0 aliphatic heterocycles. The molecule has 0 amide bonds. The van der Waals surface area contributed by atoms with E-state index >= 15 is 0 Å². The van der Waals surface area contributed by atoms with Crippen LogP contribution in [0.1, 0.15) is 35.6 Å². The van der Waals surface area contributed by atoms with Gasteiger partial charge in [0, 0.05) is 0 Å². The van der Waals surface area contributed by atoms with Crippen LogP contribution in [0.3, 0.4) is 0 Å². The molecule has 2 rings (SSSR count). The number of halogens is 3. The Labute approximate surface area is 96.2 Å². The first-order valence-corrected chi connectivity index (χ1v) is 5.29. The minimum absolute atomic E-state index is 0.474. The minimum atomic E-state index is -4.36. The number of carbonyl (C=O) groups excluding carboxylic acids is 1. The SMILES string of the molecule is O=C=NC1CCCc2ccc(C(F)(F)F)cc21. The molecule has 0 heterocycles. The van der Waals surface area contributed by atoms with Crippen molar-refractivity contribution in [3.63, 3.8) is 0 Å². The van der Waals surface area contributed by atoms with Crippen LogP contribution in [-0.2, 0) is 17.4 Å². The summed E-state index contributed by atoms with van der Waals surface area (Å²) in [5.41, 5.74) is 0.659. The van der Waals surface area contributed by atoms with Crippen LogP contribution in [0.2, 0.25) is 0 Å². The number of benzene rings is 1. The summed E-state index contributed by atoms with van der Waals surface area (Å²) in [5, 5.41) is 0. The van der Waals surface area contributed by atoms with Gasteiger partial charge in [0.2, 0.25) is 6.08 Å². The topological polar surface area (TPSA) is 29.4 Å². The second-order valence-corrected chi connectivity index (χ2v) is 4.04. The van der Waals surface area contributed by atoms with E-state index in [-0.39, 0.29) is 0 Å². The van der Waals surface area contributed by atoms with E-state index in [1.807, 2.05) is 0 Å². The Kier molecular flexibility index (Phi) is 3.03. The normalized spacial score (nSPS) is 19.4. The molecular formula is C12H10F3NO. The van der Waals surface area contributed by atoms with Gasteiger partial charge in [0.1, 0.15) is 0 Å². The van der Waals surface area contributed by atoms with Crippen LogP contribution >= 0.6 is 0 Å². The van der Waals surface area contributed by atoms with Crippen molar-refractivity contribution in [3.05, 3.63) is 34.9 Å². The zero-order valence-electron chi connectivity index (χ0n) is 8.92. The fourth-order valence-electron chi connectivity index (χ4n) is 2.15. The lowest BCUT2D eigenvalue weighted by Gasteiger charge is -2.22. The zero-order valence-corrected chi connectivity index (χ0v) is 8.92. The van der Waals surface area contributed by atoms with Crippen LogP contribution in [0.25, 0.3) is 0 Å². The second kappa shape index (κ2) is 4.34. The quantitative estimate of drug-likeness (QED) is 0.547. The maximum Gasteiger partial charge on any atom is 0.416 e. The highest BCUT2D eigenvalue weighted by atomic mass is 19.4. The summed E-state index contributed by atoms with van der Waals surface area (Å²) in [4.78, 5) is 13.8. The molecule has 0 saturated heterocycles. The first kappa shape index (κ1) is 11.9. The van der Waals surface area contributed by atoms with Gasteiger partial charge in [-0.3, -0.25) is 0 Å². The van der Waals surface area contributed by atoms with Crippen molar-refractivity contribution >= 4 is 6.08 Å². The van der Waals surface area contributed by atoms with Crippen LogP contribution in [0.4, 0.5) is 13.2 Å². The highest BCUT2D eigenvalue weighted by Gasteiger charge is 2.32. The van der Waals surface area contributed by atoms with E-state index in [1.54, 1.807) is 0 Å². The summed E-state index contributed by atoms with van der Waals surface area (Å²) in [6.45, 7) is 0. The molecule has 0 aromatic heterocycles. The third kappa shape index (κ3) is 2.39. The fourth-order valence-corrected chi connectivity index (χ4v) is 2.15. The van der Waals surface area contributed by atoms with Crippen molar-refractivity contribution in [1.82, 2.24) is 0 Å². The van der Waals surface area contributed by atoms with Gasteiger partial charge >= 0.3 is 6.18 Å². The molecule has 0 N–H and O–H groups in total. The molecule has 1 aliphatic rings. The van der Waals surface area contributed by atoms with Gasteiger partial charge in [-0.25, -0.2) is 4.79 Å². The molecule has 90 valence electrons. The molecule has 1 aromatic rings. The zero-order chi connectivity index (χ0) is 12.5. The molecule has 0 saturated carbocycles.